The van der Waals surface area contributed by atoms with Crippen LogP contribution < -0.4 is 10.6 Å². The van der Waals surface area contributed by atoms with E-state index >= 15 is 0 Å². The Hall–Kier alpha value is -1.55. The van der Waals surface area contributed by atoms with Crippen LogP contribution in [0.4, 0.5) is 4.79 Å². The number of carbonyl (C=O) groups excluding carboxylic acids is 1. The molecule has 1 unspecified atom stereocenters. The van der Waals surface area contributed by atoms with Gasteiger partial charge in [0.1, 0.15) is 5.60 Å². The molecule has 0 saturated carbocycles. The Morgan fingerprint density at radius 2 is 1.88 bits per heavy atom. The molecule has 0 heterocycles. The smallest absolute Gasteiger partial charge is 0.407 e. The summed E-state index contributed by atoms with van der Waals surface area (Å²) in [5, 5.41) is 6.54. The Morgan fingerprint density at radius 1 is 1.16 bits per heavy atom. The number of aryl methyl sites for hydroxylation is 1. The van der Waals surface area contributed by atoms with Crippen LogP contribution in [0.3, 0.4) is 0 Å². The van der Waals surface area contributed by atoms with Crippen molar-refractivity contribution >= 4 is 6.09 Å². The van der Waals surface area contributed by atoms with E-state index in [1.54, 1.807) is 0 Å². The van der Waals surface area contributed by atoms with Crippen LogP contribution in [0, 0.1) is 5.41 Å². The van der Waals surface area contributed by atoms with Gasteiger partial charge in [-0.2, -0.15) is 0 Å². The van der Waals surface area contributed by atoms with Crippen LogP contribution in [0.25, 0.3) is 0 Å². The minimum Gasteiger partial charge on any atom is -0.444 e. The third-order valence-corrected chi connectivity index (χ3v) is 4.20. The number of hydrogen-bond donors (Lipinski definition) is 2. The molecule has 0 bridgehead atoms. The molecule has 2 rings (SSSR count). The number of hydrogen-bond acceptors (Lipinski definition) is 3. The van der Waals surface area contributed by atoms with E-state index < -0.39 is 5.60 Å². The van der Waals surface area contributed by atoms with Gasteiger partial charge in [0, 0.05) is 19.1 Å². The molecule has 2 N–H and O–H groups in total. The van der Waals surface area contributed by atoms with E-state index in [1.807, 2.05) is 20.8 Å². The van der Waals surface area contributed by atoms with Gasteiger partial charge < -0.3 is 15.4 Å². The fourth-order valence-electron chi connectivity index (χ4n) is 3.10. The number of carbonyl (C=O) groups is 1. The van der Waals surface area contributed by atoms with Crippen LogP contribution >= 0.6 is 0 Å². The van der Waals surface area contributed by atoms with Gasteiger partial charge in [0.15, 0.2) is 0 Å². The minimum atomic E-state index is -0.453. The Morgan fingerprint density at radius 3 is 2.52 bits per heavy atom. The largest absolute Gasteiger partial charge is 0.444 e. The van der Waals surface area contributed by atoms with Gasteiger partial charge in [-0.3, -0.25) is 0 Å². The summed E-state index contributed by atoms with van der Waals surface area (Å²) in [5.41, 5.74) is 3.94. The zero-order valence-corrected chi connectivity index (χ0v) is 16.7. The second kappa shape index (κ2) is 7.77. The number of rotatable bonds is 4. The van der Waals surface area contributed by atoms with Gasteiger partial charge in [0.2, 0.25) is 0 Å². The van der Waals surface area contributed by atoms with Crippen LogP contribution in [0.2, 0.25) is 0 Å². The van der Waals surface area contributed by atoms with Crippen molar-refractivity contribution in [2.75, 3.05) is 6.54 Å². The average Bonchev–Trinajstić information content (AvgIpc) is 2.44. The highest BCUT2D eigenvalue weighted by molar-refractivity contribution is 5.68. The highest BCUT2D eigenvalue weighted by Gasteiger charge is 2.23. The van der Waals surface area contributed by atoms with Crippen LogP contribution in [-0.4, -0.2) is 24.3 Å². The molecule has 1 atom stereocenters. The standard InChI is InChI=1S/C21H34N2O2/c1-20(2,3)14-22-13-15-7-8-17-12-18(10-9-16(17)11-15)23-19(24)25-21(4,5)6/h7-8,11,18,22H,9-10,12-14H2,1-6H3,(H,23,24). The van der Waals surface area contributed by atoms with Gasteiger partial charge in [-0.1, -0.05) is 39.0 Å². The molecule has 1 aromatic rings. The monoisotopic (exact) mass is 346 g/mol. The first-order valence-corrected chi connectivity index (χ1v) is 9.33. The van der Waals surface area contributed by atoms with E-state index in [-0.39, 0.29) is 12.1 Å². The molecule has 1 aliphatic carbocycles. The first-order chi connectivity index (χ1) is 11.5. The van der Waals surface area contributed by atoms with Crippen molar-refractivity contribution in [2.45, 2.75) is 79.0 Å². The van der Waals surface area contributed by atoms with E-state index in [2.05, 4.69) is 49.6 Å². The van der Waals surface area contributed by atoms with E-state index in [1.165, 1.54) is 16.7 Å². The van der Waals surface area contributed by atoms with Crippen molar-refractivity contribution in [1.82, 2.24) is 10.6 Å². The molecule has 0 spiro atoms. The molecule has 4 heteroatoms. The van der Waals surface area contributed by atoms with E-state index in [9.17, 15) is 4.79 Å². The Kier molecular flexibility index (Phi) is 6.15. The molecule has 0 saturated heterocycles. The van der Waals surface area contributed by atoms with Crippen molar-refractivity contribution in [3.63, 3.8) is 0 Å². The number of amides is 1. The summed E-state index contributed by atoms with van der Waals surface area (Å²) in [7, 11) is 0. The number of benzene rings is 1. The normalized spacial score (nSPS) is 17.8. The predicted octanol–water partition coefficient (Wildman–Crippen LogP) is 4.20. The van der Waals surface area contributed by atoms with E-state index in [0.717, 1.165) is 32.4 Å². The zero-order chi connectivity index (χ0) is 18.7. The molecule has 140 valence electrons. The summed E-state index contributed by atoms with van der Waals surface area (Å²) in [4.78, 5) is 12.0. The van der Waals surface area contributed by atoms with Crippen molar-refractivity contribution < 1.29 is 9.53 Å². The molecule has 0 radical (unpaired) electrons. The van der Waals surface area contributed by atoms with Crippen LogP contribution in [0.5, 0.6) is 0 Å². The molecular formula is C21H34N2O2. The third-order valence-electron chi connectivity index (χ3n) is 4.20. The second-order valence-electron chi connectivity index (χ2n) is 9.35. The predicted molar refractivity (Wildman–Crippen MR) is 103 cm³/mol. The Balaban J connectivity index is 1.88. The molecule has 0 fully saturated rings. The summed E-state index contributed by atoms with van der Waals surface area (Å²) in [6.45, 7) is 14.3. The maximum absolute atomic E-state index is 12.0. The Labute approximate surface area is 152 Å². The topological polar surface area (TPSA) is 50.4 Å². The average molecular weight is 347 g/mol. The maximum Gasteiger partial charge on any atom is 0.407 e. The maximum atomic E-state index is 12.0. The summed E-state index contributed by atoms with van der Waals surface area (Å²) >= 11 is 0. The number of alkyl carbamates (subject to hydrolysis) is 1. The highest BCUT2D eigenvalue weighted by atomic mass is 16.6. The van der Waals surface area contributed by atoms with Crippen LogP contribution in [0.15, 0.2) is 18.2 Å². The molecule has 4 nitrogen and oxygen atoms in total. The fourth-order valence-corrected chi connectivity index (χ4v) is 3.10. The second-order valence-corrected chi connectivity index (χ2v) is 9.35. The van der Waals surface area contributed by atoms with Gasteiger partial charge >= 0.3 is 6.09 Å². The van der Waals surface area contributed by atoms with Gasteiger partial charge in [0.25, 0.3) is 0 Å². The summed E-state index contributed by atoms with van der Waals surface area (Å²) < 4.78 is 5.36. The molecule has 0 aromatic heterocycles. The van der Waals surface area contributed by atoms with Crippen LogP contribution in [0.1, 0.15) is 64.7 Å². The molecule has 25 heavy (non-hydrogen) atoms. The first-order valence-electron chi connectivity index (χ1n) is 9.33. The first kappa shape index (κ1) is 19.8. The lowest BCUT2D eigenvalue weighted by Crippen LogP contribution is -2.41. The van der Waals surface area contributed by atoms with Crippen molar-refractivity contribution in [3.8, 4) is 0 Å². The molecular weight excluding hydrogens is 312 g/mol. The molecule has 1 amide bonds. The quantitative estimate of drug-likeness (QED) is 0.859. The summed E-state index contributed by atoms with van der Waals surface area (Å²) in [6, 6.07) is 6.89. The summed E-state index contributed by atoms with van der Waals surface area (Å²) in [5.74, 6) is 0. The van der Waals surface area contributed by atoms with E-state index in [0.29, 0.717) is 5.41 Å². The molecule has 1 aromatic carbocycles. The number of ether oxygens (including phenoxy) is 1. The third kappa shape index (κ3) is 7.07. The fraction of sp³-hybridized carbons (Fsp3) is 0.667. The van der Waals surface area contributed by atoms with E-state index in [4.69, 9.17) is 4.74 Å². The van der Waals surface area contributed by atoms with Gasteiger partial charge in [-0.25, -0.2) is 4.79 Å². The zero-order valence-electron chi connectivity index (χ0n) is 16.7. The molecule has 1 aliphatic rings. The van der Waals surface area contributed by atoms with Crippen molar-refractivity contribution in [3.05, 3.63) is 34.9 Å². The lowest BCUT2D eigenvalue weighted by atomic mass is 9.87. The highest BCUT2D eigenvalue weighted by Crippen LogP contribution is 2.23. The van der Waals surface area contributed by atoms with Crippen molar-refractivity contribution in [2.24, 2.45) is 5.41 Å². The van der Waals surface area contributed by atoms with Gasteiger partial charge in [-0.05, 0) is 62.1 Å². The lowest BCUT2D eigenvalue weighted by molar-refractivity contribution is 0.0500. The lowest BCUT2D eigenvalue weighted by Gasteiger charge is -2.28. The van der Waals surface area contributed by atoms with Crippen LogP contribution in [-0.2, 0) is 24.1 Å². The van der Waals surface area contributed by atoms with Crippen molar-refractivity contribution in [1.29, 1.82) is 0 Å². The minimum absolute atomic E-state index is 0.159. The van der Waals surface area contributed by atoms with Gasteiger partial charge in [0.05, 0.1) is 0 Å². The SMILES string of the molecule is CC(C)(C)CNCc1ccc2c(c1)CCC(NC(=O)OC(C)(C)C)C2. The molecule has 0 aliphatic heterocycles. The Bertz CT molecular complexity index is 597. The number of nitrogens with one attached hydrogen (secondary N) is 2. The van der Waals surface area contributed by atoms with Gasteiger partial charge in [-0.15, -0.1) is 0 Å². The number of fused-ring (bicyclic) bond motifs is 1. The summed E-state index contributed by atoms with van der Waals surface area (Å²) in [6.07, 6.45) is 2.53.